The van der Waals surface area contributed by atoms with Gasteiger partial charge in [-0.2, -0.15) is 0 Å². The summed E-state index contributed by atoms with van der Waals surface area (Å²) >= 11 is 0. The standard InChI is InChI=1S/C13H27NO7/c1-11(17)7-20-4-3-14(10-16)5-13(9-19-2)21-8-12(18)6-15/h10-13,15,17-18H,3-9H2,1-2H3. The summed E-state index contributed by atoms with van der Waals surface area (Å²) in [6.45, 7) is 2.63. The summed E-state index contributed by atoms with van der Waals surface area (Å²) in [6, 6.07) is 0. The van der Waals surface area contributed by atoms with Gasteiger partial charge in [0, 0.05) is 20.2 Å². The van der Waals surface area contributed by atoms with Crippen LogP contribution in [-0.2, 0) is 19.0 Å². The Kier molecular flexibility index (Phi) is 12.5. The molecule has 0 aromatic rings. The molecule has 0 bridgehead atoms. The first-order valence-electron chi connectivity index (χ1n) is 6.88. The maximum Gasteiger partial charge on any atom is 0.209 e. The van der Waals surface area contributed by atoms with Crippen LogP contribution in [0.2, 0.25) is 0 Å². The Morgan fingerprint density at radius 1 is 1.24 bits per heavy atom. The zero-order valence-corrected chi connectivity index (χ0v) is 12.7. The first kappa shape index (κ1) is 20.2. The van der Waals surface area contributed by atoms with Gasteiger partial charge >= 0.3 is 0 Å². The van der Waals surface area contributed by atoms with E-state index in [1.807, 2.05) is 0 Å². The molecule has 0 saturated carbocycles. The molecule has 21 heavy (non-hydrogen) atoms. The third-order valence-corrected chi connectivity index (χ3v) is 2.56. The van der Waals surface area contributed by atoms with Crippen molar-refractivity contribution in [1.29, 1.82) is 0 Å². The van der Waals surface area contributed by atoms with Gasteiger partial charge in [-0.15, -0.1) is 0 Å². The van der Waals surface area contributed by atoms with Crippen LogP contribution in [0.3, 0.4) is 0 Å². The molecular weight excluding hydrogens is 282 g/mol. The van der Waals surface area contributed by atoms with E-state index in [9.17, 15) is 9.90 Å². The van der Waals surface area contributed by atoms with Gasteiger partial charge in [0.2, 0.25) is 6.41 Å². The van der Waals surface area contributed by atoms with E-state index in [2.05, 4.69) is 0 Å². The molecule has 1 amide bonds. The Hall–Kier alpha value is -0.770. The smallest absolute Gasteiger partial charge is 0.209 e. The van der Waals surface area contributed by atoms with Gasteiger partial charge in [0.05, 0.1) is 45.2 Å². The van der Waals surface area contributed by atoms with E-state index < -0.39 is 18.3 Å². The topological polar surface area (TPSA) is 109 Å². The van der Waals surface area contributed by atoms with Crippen LogP contribution in [0.5, 0.6) is 0 Å². The lowest BCUT2D eigenvalue weighted by Gasteiger charge is -2.25. The van der Waals surface area contributed by atoms with Gasteiger partial charge in [-0.1, -0.05) is 0 Å². The predicted octanol–water partition coefficient (Wildman–Crippen LogP) is -1.77. The number of carbonyl (C=O) groups excluding carboxylic acids is 1. The molecule has 0 radical (unpaired) electrons. The molecule has 0 aromatic heterocycles. The SMILES string of the molecule is COCC(CN(C=O)CCOCC(C)O)OCC(O)CO. The number of aliphatic hydroxyl groups is 3. The number of aliphatic hydroxyl groups excluding tert-OH is 3. The number of methoxy groups -OCH3 is 1. The number of rotatable bonds is 14. The summed E-state index contributed by atoms with van der Waals surface area (Å²) in [6.07, 6.45) is -1.22. The highest BCUT2D eigenvalue weighted by Crippen LogP contribution is 1.99. The Morgan fingerprint density at radius 2 is 1.95 bits per heavy atom. The van der Waals surface area contributed by atoms with E-state index in [0.717, 1.165) is 0 Å². The van der Waals surface area contributed by atoms with E-state index in [4.69, 9.17) is 24.4 Å². The van der Waals surface area contributed by atoms with E-state index in [0.29, 0.717) is 19.6 Å². The van der Waals surface area contributed by atoms with Gasteiger partial charge in [0.15, 0.2) is 0 Å². The lowest BCUT2D eigenvalue weighted by atomic mass is 10.3. The molecule has 0 rings (SSSR count). The van der Waals surface area contributed by atoms with Crippen LogP contribution in [-0.4, -0.2) is 98.2 Å². The molecule has 3 atom stereocenters. The Labute approximate surface area is 125 Å². The number of amides is 1. The maximum atomic E-state index is 11.0. The van der Waals surface area contributed by atoms with Crippen LogP contribution >= 0.6 is 0 Å². The van der Waals surface area contributed by atoms with Gasteiger partial charge in [0.1, 0.15) is 6.10 Å². The van der Waals surface area contributed by atoms with Crippen molar-refractivity contribution in [2.75, 3.05) is 53.2 Å². The first-order valence-corrected chi connectivity index (χ1v) is 6.88. The molecule has 0 aromatic carbocycles. The quantitative estimate of drug-likeness (QED) is 0.257. The fourth-order valence-electron chi connectivity index (χ4n) is 1.52. The minimum Gasteiger partial charge on any atom is -0.394 e. The molecule has 0 fully saturated rings. The summed E-state index contributed by atoms with van der Waals surface area (Å²) in [5.41, 5.74) is 0. The second kappa shape index (κ2) is 12.9. The Morgan fingerprint density at radius 3 is 2.48 bits per heavy atom. The Balaban J connectivity index is 4.08. The highest BCUT2D eigenvalue weighted by atomic mass is 16.5. The van der Waals surface area contributed by atoms with Crippen molar-refractivity contribution in [3.63, 3.8) is 0 Å². The molecule has 126 valence electrons. The zero-order chi connectivity index (χ0) is 16.1. The predicted molar refractivity (Wildman–Crippen MR) is 74.8 cm³/mol. The molecular formula is C13H27NO7. The third kappa shape index (κ3) is 11.6. The fourth-order valence-corrected chi connectivity index (χ4v) is 1.52. The normalized spacial score (nSPS) is 15.5. The van der Waals surface area contributed by atoms with Crippen LogP contribution in [0.25, 0.3) is 0 Å². The number of carbonyl (C=O) groups is 1. The van der Waals surface area contributed by atoms with Gasteiger partial charge in [0.25, 0.3) is 0 Å². The van der Waals surface area contributed by atoms with Crippen molar-refractivity contribution < 1.29 is 34.3 Å². The van der Waals surface area contributed by atoms with Gasteiger partial charge < -0.3 is 34.4 Å². The van der Waals surface area contributed by atoms with Crippen molar-refractivity contribution in [3.8, 4) is 0 Å². The van der Waals surface area contributed by atoms with Crippen LogP contribution in [0.4, 0.5) is 0 Å². The summed E-state index contributed by atoms with van der Waals surface area (Å²) in [4.78, 5) is 12.5. The highest BCUT2D eigenvalue weighted by molar-refractivity contribution is 5.46. The second-order valence-electron chi connectivity index (χ2n) is 4.77. The zero-order valence-electron chi connectivity index (χ0n) is 12.7. The average Bonchev–Trinajstić information content (AvgIpc) is 2.47. The summed E-state index contributed by atoms with van der Waals surface area (Å²) in [5.74, 6) is 0. The lowest BCUT2D eigenvalue weighted by Crippen LogP contribution is -2.39. The molecule has 0 saturated heterocycles. The second-order valence-corrected chi connectivity index (χ2v) is 4.77. The molecule has 3 N–H and O–H groups in total. The van der Waals surface area contributed by atoms with Crippen molar-refractivity contribution in [2.24, 2.45) is 0 Å². The molecule has 0 aliphatic carbocycles. The van der Waals surface area contributed by atoms with Crippen LogP contribution < -0.4 is 0 Å². The first-order chi connectivity index (χ1) is 10.0. The minimum absolute atomic E-state index is 0.0320. The molecule has 0 aliphatic rings. The lowest BCUT2D eigenvalue weighted by molar-refractivity contribution is -0.123. The molecule has 0 spiro atoms. The largest absolute Gasteiger partial charge is 0.394 e. The molecule has 8 heteroatoms. The average molecular weight is 309 g/mol. The van der Waals surface area contributed by atoms with Crippen LogP contribution in [0.15, 0.2) is 0 Å². The molecule has 0 aliphatic heterocycles. The molecule has 8 nitrogen and oxygen atoms in total. The summed E-state index contributed by atoms with van der Waals surface area (Å²) in [5, 5.41) is 27.0. The third-order valence-electron chi connectivity index (χ3n) is 2.56. The summed E-state index contributed by atoms with van der Waals surface area (Å²) < 4.78 is 15.6. The molecule has 0 heterocycles. The van der Waals surface area contributed by atoms with Crippen LogP contribution in [0, 0.1) is 0 Å². The van der Waals surface area contributed by atoms with Gasteiger partial charge in [-0.3, -0.25) is 4.79 Å². The number of hydrogen-bond donors (Lipinski definition) is 3. The van der Waals surface area contributed by atoms with Crippen molar-refractivity contribution in [2.45, 2.75) is 25.2 Å². The highest BCUT2D eigenvalue weighted by Gasteiger charge is 2.15. The van der Waals surface area contributed by atoms with E-state index in [1.165, 1.54) is 12.0 Å². The molecule has 3 unspecified atom stereocenters. The van der Waals surface area contributed by atoms with Crippen molar-refractivity contribution in [3.05, 3.63) is 0 Å². The van der Waals surface area contributed by atoms with Gasteiger partial charge in [-0.25, -0.2) is 0 Å². The number of hydrogen-bond acceptors (Lipinski definition) is 7. The number of ether oxygens (including phenoxy) is 3. The van der Waals surface area contributed by atoms with Crippen LogP contribution in [0.1, 0.15) is 6.92 Å². The summed E-state index contributed by atoms with van der Waals surface area (Å²) in [7, 11) is 1.51. The monoisotopic (exact) mass is 309 g/mol. The van der Waals surface area contributed by atoms with E-state index in [1.54, 1.807) is 6.92 Å². The fraction of sp³-hybridized carbons (Fsp3) is 0.923. The van der Waals surface area contributed by atoms with Crippen molar-refractivity contribution >= 4 is 6.41 Å². The van der Waals surface area contributed by atoms with E-state index in [-0.39, 0.29) is 33.0 Å². The Bertz CT molecular complexity index is 253. The van der Waals surface area contributed by atoms with Crippen molar-refractivity contribution in [1.82, 2.24) is 4.90 Å². The maximum absolute atomic E-state index is 11.0. The minimum atomic E-state index is -0.955. The number of nitrogens with zero attached hydrogens (tertiary/aromatic N) is 1. The van der Waals surface area contributed by atoms with E-state index >= 15 is 0 Å². The van der Waals surface area contributed by atoms with Gasteiger partial charge in [-0.05, 0) is 6.92 Å².